The molecule has 0 aromatic heterocycles. The Morgan fingerprint density at radius 2 is 1.70 bits per heavy atom. The average molecular weight is 426 g/mol. The summed E-state index contributed by atoms with van der Waals surface area (Å²) >= 11 is 0. The van der Waals surface area contributed by atoms with Crippen LogP contribution < -0.4 is 4.74 Å². The van der Waals surface area contributed by atoms with E-state index in [1.165, 1.54) is 6.08 Å². The van der Waals surface area contributed by atoms with Crippen LogP contribution in [0.25, 0.3) is 6.08 Å². The van der Waals surface area contributed by atoms with E-state index in [4.69, 9.17) is 9.47 Å². The molecular weight excluding hydrogens is 397 g/mol. The molecule has 0 bridgehead atoms. The summed E-state index contributed by atoms with van der Waals surface area (Å²) in [5.41, 5.74) is 0.739. The van der Waals surface area contributed by atoms with Crippen molar-refractivity contribution in [3.05, 3.63) is 35.9 Å². The molecule has 1 aromatic rings. The summed E-state index contributed by atoms with van der Waals surface area (Å²) in [5.74, 6) is -2.40. The Kier molecular flexibility index (Phi) is 9.40. The van der Waals surface area contributed by atoms with Gasteiger partial charge in [-0.25, -0.2) is 4.79 Å². The van der Waals surface area contributed by atoms with Crippen LogP contribution in [0.5, 0.6) is 5.75 Å². The molecule has 0 atom stereocenters. The van der Waals surface area contributed by atoms with Crippen LogP contribution in [0.4, 0.5) is 13.2 Å². The first-order valence-electron chi connectivity index (χ1n) is 10.5. The molecule has 0 aliphatic heterocycles. The molecule has 1 saturated carbocycles. The average Bonchev–Trinajstić information content (AvgIpc) is 2.72. The van der Waals surface area contributed by atoms with Gasteiger partial charge in [-0.05, 0) is 55.9 Å². The second-order valence-electron chi connectivity index (χ2n) is 7.64. The summed E-state index contributed by atoms with van der Waals surface area (Å²) in [4.78, 5) is 23.9. The summed E-state index contributed by atoms with van der Waals surface area (Å²) in [6.45, 7) is 2.52. The van der Waals surface area contributed by atoms with Crippen molar-refractivity contribution in [2.24, 2.45) is 11.8 Å². The van der Waals surface area contributed by atoms with Gasteiger partial charge in [0.15, 0.2) is 0 Å². The lowest BCUT2D eigenvalue weighted by atomic mass is 9.82. The van der Waals surface area contributed by atoms with Crippen molar-refractivity contribution >= 4 is 18.0 Å². The van der Waals surface area contributed by atoms with Crippen LogP contribution in [0, 0.1) is 11.8 Å². The van der Waals surface area contributed by atoms with Crippen LogP contribution in [-0.4, -0.2) is 24.7 Å². The lowest BCUT2D eigenvalue weighted by molar-refractivity contribution is -0.185. The number of rotatable bonds is 9. The van der Waals surface area contributed by atoms with Crippen molar-refractivity contribution in [3.8, 4) is 5.75 Å². The summed E-state index contributed by atoms with van der Waals surface area (Å²) in [7, 11) is 0. The smallest absolute Gasteiger partial charge is 0.391 e. The van der Waals surface area contributed by atoms with E-state index in [-0.39, 0.29) is 25.7 Å². The summed E-state index contributed by atoms with van der Waals surface area (Å²) < 4.78 is 48.6. The topological polar surface area (TPSA) is 52.6 Å². The second kappa shape index (κ2) is 11.8. The van der Waals surface area contributed by atoms with E-state index >= 15 is 0 Å². The van der Waals surface area contributed by atoms with Crippen LogP contribution in [-0.2, 0) is 14.3 Å². The van der Waals surface area contributed by atoms with Gasteiger partial charge in [0.05, 0.1) is 18.4 Å². The van der Waals surface area contributed by atoms with Gasteiger partial charge < -0.3 is 9.47 Å². The zero-order valence-electron chi connectivity index (χ0n) is 17.2. The fraction of sp³-hybridized carbons (Fsp3) is 0.565. The van der Waals surface area contributed by atoms with Crippen molar-refractivity contribution in [3.63, 3.8) is 0 Å². The summed E-state index contributed by atoms with van der Waals surface area (Å²) in [5, 5.41) is 0. The minimum Gasteiger partial charge on any atom is -0.463 e. The van der Waals surface area contributed by atoms with Gasteiger partial charge in [0.1, 0.15) is 5.75 Å². The first kappa shape index (κ1) is 24.0. The first-order valence-corrected chi connectivity index (χ1v) is 10.5. The Morgan fingerprint density at radius 3 is 2.30 bits per heavy atom. The van der Waals surface area contributed by atoms with Crippen LogP contribution >= 0.6 is 0 Å². The minimum absolute atomic E-state index is 0.0400. The molecule has 0 radical (unpaired) electrons. The second-order valence-corrected chi connectivity index (χ2v) is 7.64. The third-order valence-corrected chi connectivity index (χ3v) is 5.28. The maximum atomic E-state index is 12.7. The Morgan fingerprint density at radius 1 is 1.03 bits per heavy atom. The molecule has 0 amide bonds. The third kappa shape index (κ3) is 8.20. The maximum absolute atomic E-state index is 12.7. The number of hydrogen-bond donors (Lipinski definition) is 0. The molecule has 0 spiro atoms. The van der Waals surface area contributed by atoms with E-state index in [9.17, 15) is 22.8 Å². The van der Waals surface area contributed by atoms with Crippen molar-refractivity contribution in [2.75, 3.05) is 6.61 Å². The molecule has 1 aliphatic rings. The number of ether oxygens (including phenoxy) is 2. The van der Waals surface area contributed by atoms with E-state index in [2.05, 4.69) is 6.92 Å². The highest BCUT2D eigenvalue weighted by Crippen LogP contribution is 2.39. The monoisotopic (exact) mass is 426 g/mol. The standard InChI is InChI=1S/C23H29F3O4/c1-2-3-4-5-16-29-21(27)15-8-17-6-13-20(14-7-17)30-22(28)18-9-11-19(12-10-18)23(24,25)26/h6-8,13-15,18-19H,2-5,9-12,16H2,1H3. The molecule has 7 heteroatoms. The van der Waals surface area contributed by atoms with Gasteiger partial charge in [0, 0.05) is 6.08 Å². The maximum Gasteiger partial charge on any atom is 0.391 e. The summed E-state index contributed by atoms with van der Waals surface area (Å²) in [6, 6.07) is 6.56. The normalized spacial score (nSPS) is 19.6. The van der Waals surface area contributed by atoms with Gasteiger partial charge in [-0.15, -0.1) is 0 Å². The molecule has 166 valence electrons. The number of alkyl halides is 3. The number of unbranched alkanes of at least 4 members (excludes halogenated alkanes) is 3. The van der Waals surface area contributed by atoms with Gasteiger partial charge in [-0.1, -0.05) is 38.3 Å². The highest BCUT2D eigenvalue weighted by Gasteiger charge is 2.42. The predicted molar refractivity (Wildman–Crippen MR) is 108 cm³/mol. The van der Waals surface area contributed by atoms with Crippen molar-refractivity contribution in [1.82, 2.24) is 0 Å². The molecule has 0 unspecified atom stereocenters. The highest BCUT2D eigenvalue weighted by atomic mass is 19.4. The fourth-order valence-electron chi connectivity index (χ4n) is 3.42. The number of benzene rings is 1. The largest absolute Gasteiger partial charge is 0.463 e. The molecule has 2 rings (SSSR count). The summed E-state index contributed by atoms with van der Waals surface area (Å²) in [6.07, 6.45) is 3.19. The van der Waals surface area contributed by atoms with Crippen LogP contribution in [0.1, 0.15) is 63.9 Å². The Hall–Kier alpha value is -2.31. The zero-order chi connectivity index (χ0) is 22.0. The van der Waals surface area contributed by atoms with Gasteiger partial charge in [0.2, 0.25) is 0 Å². The third-order valence-electron chi connectivity index (χ3n) is 5.28. The van der Waals surface area contributed by atoms with Gasteiger partial charge in [-0.3, -0.25) is 4.79 Å². The Balaban J connectivity index is 1.75. The first-order chi connectivity index (χ1) is 14.3. The number of halogens is 3. The number of carbonyl (C=O) groups excluding carboxylic acids is 2. The fourth-order valence-corrected chi connectivity index (χ4v) is 3.42. The predicted octanol–water partition coefficient (Wildman–Crippen LogP) is 6.10. The minimum atomic E-state index is -4.19. The van der Waals surface area contributed by atoms with Crippen molar-refractivity contribution in [2.45, 2.75) is 64.5 Å². The molecule has 1 aromatic carbocycles. The van der Waals surface area contributed by atoms with E-state index in [1.54, 1.807) is 30.3 Å². The zero-order valence-corrected chi connectivity index (χ0v) is 17.2. The molecule has 0 heterocycles. The van der Waals surface area contributed by atoms with Crippen molar-refractivity contribution in [1.29, 1.82) is 0 Å². The number of esters is 2. The van der Waals surface area contributed by atoms with Gasteiger partial charge >= 0.3 is 18.1 Å². The number of hydrogen-bond acceptors (Lipinski definition) is 4. The quantitative estimate of drug-likeness (QED) is 0.207. The van der Waals surface area contributed by atoms with Crippen LogP contribution in [0.3, 0.4) is 0 Å². The molecule has 4 nitrogen and oxygen atoms in total. The van der Waals surface area contributed by atoms with E-state index < -0.39 is 30.0 Å². The van der Waals surface area contributed by atoms with Gasteiger partial charge in [-0.2, -0.15) is 13.2 Å². The molecule has 1 aliphatic carbocycles. The molecule has 30 heavy (non-hydrogen) atoms. The molecule has 1 fully saturated rings. The van der Waals surface area contributed by atoms with E-state index in [0.29, 0.717) is 12.4 Å². The van der Waals surface area contributed by atoms with Crippen molar-refractivity contribution < 1.29 is 32.2 Å². The van der Waals surface area contributed by atoms with E-state index in [1.807, 2.05) is 0 Å². The lowest BCUT2D eigenvalue weighted by Gasteiger charge is -2.28. The Bertz CT molecular complexity index is 702. The van der Waals surface area contributed by atoms with E-state index in [0.717, 1.165) is 31.2 Å². The molecule has 0 N–H and O–H groups in total. The Labute approximate surface area is 175 Å². The number of carbonyl (C=O) groups is 2. The van der Waals surface area contributed by atoms with Gasteiger partial charge in [0.25, 0.3) is 0 Å². The lowest BCUT2D eigenvalue weighted by Crippen LogP contribution is -2.31. The van der Waals surface area contributed by atoms with Crippen LogP contribution in [0.2, 0.25) is 0 Å². The highest BCUT2D eigenvalue weighted by molar-refractivity contribution is 5.87. The molecule has 0 saturated heterocycles. The SMILES string of the molecule is CCCCCCOC(=O)C=Cc1ccc(OC(=O)C2CCC(C(F)(F)F)CC2)cc1. The molecular formula is C23H29F3O4. The van der Waals surface area contributed by atoms with Crippen LogP contribution in [0.15, 0.2) is 30.3 Å².